The second-order valence-corrected chi connectivity index (χ2v) is 4.91. The highest BCUT2D eigenvalue weighted by Gasteiger charge is 1.99. The predicted molar refractivity (Wildman–Crippen MR) is 66.0 cm³/mol. The van der Waals surface area contributed by atoms with Crippen LogP contribution in [-0.4, -0.2) is 35.8 Å². The molecule has 0 amide bonds. The Bertz CT molecular complexity index is 111. The average molecular weight is 219 g/mol. The van der Waals surface area contributed by atoms with Crippen molar-refractivity contribution in [1.29, 1.82) is 0 Å². The molecule has 14 heavy (non-hydrogen) atoms. The van der Waals surface area contributed by atoms with Gasteiger partial charge in [-0.3, -0.25) is 0 Å². The van der Waals surface area contributed by atoms with E-state index < -0.39 is 0 Å². The van der Waals surface area contributed by atoms with Gasteiger partial charge in [-0.25, -0.2) is 0 Å². The van der Waals surface area contributed by atoms with Gasteiger partial charge < -0.3 is 10.4 Å². The summed E-state index contributed by atoms with van der Waals surface area (Å²) >= 11 is 1.85. The number of thioether (sulfide) groups is 1. The van der Waals surface area contributed by atoms with Gasteiger partial charge in [0.2, 0.25) is 0 Å². The van der Waals surface area contributed by atoms with Crippen molar-refractivity contribution in [1.82, 2.24) is 5.32 Å². The topological polar surface area (TPSA) is 32.3 Å². The molecular formula is C11H25NOS. The lowest BCUT2D eigenvalue weighted by atomic mass is 10.1. The summed E-state index contributed by atoms with van der Waals surface area (Å²) in [4.78, 5) is 0. The van der Waals surface area contributed by atoms with E-state index >= 15 is 0 Å². The van der Waals surface area contributed by atoms with Crippen LogP contribution in [0.2, 0.25) is 0 Å². The first-order valence-corrected chi connectivity index (χ1v) is 6.88. The molecule has 0 fully saturated rings. The summed E-state index contributed by atoms with van der Waals surface area (Å²) in [7, 11) is 0. The van der Waals surface area contributed by atoms with E-state index in [4.69, 9.17) is 5.11 Å². The molecular weight excluding hydrogens is 194 g/mol. The van der Waals surface area contributed by atoms with Crippen LogP contribution in [-0.2, 0) is 0 Å². The number of nitrogens with one attached hydrogen (secondary N) is 1. The molecule has 3 heteroatoms. The summed E-state index contributed by atoms with van der Waals surface area (Å²) in [6.07, 6.45) is 5.08. The van der Waals surface area contributed by atoms with Crippen LogP contribution in [0.4, 0.5) is 0 Å². The van der Waals surface area contributed by atoms with Gasteiger partial charge in [-0.2, -0.15) is 11.8 Å². The maximum Gasteiger partial charge on any atom is 0.0521 e. The van der Waals surface area contributed by atoms with Crippen LogP contribution in [0, 0.1) is 0 Å². The van der Waals surface area contributed by atoms with Gasteiger partial charge in [0, 0.05) is 11.8 Å². The van der Waals surface area contributed by atoms with Crippen LogP contribution >= 0.6 is 11.8 Å². The Balaban J connectivity index is 3.02. The summed E-state index contributed by atoms with van der Waals surface area (Å²) in [5, 5.41) is 12.1. The fourth-order valence-corrected chi connectivity index (χ4v) is 2.06. The highest BCUT2D eigenvalue weighted by Crippen LogP contribution is 2.07. The standard InChI is InChI=1S/C11H25NOS/c1-3-7-12-11(2)6-4-5-9-14-10-8-13/h11-13H,3-10H2,1-2H3. The van der Waals surface area contributed by atoms with Crippen molar-refractivity contribution < 1.29 is 5.11 Å². The van der Waals surface area contributed by atoms with E-state index in [9.17, 15) is 0 Å². The third kappa shape index (κ3) is 10.4. The molecule has 0 saturated carbocycles. The average Bonchev–Trinajstić information content (AvgIpc) is 2.20. The second kappa shape index (κ2) is 11.3. The lowest BCUT2D eigenvalue weighted by Crippen LogP contribution is -2.26. The minimum Gasteiger partial charge on any atom is -0.396 e. The van der Waals surface area contributed by atoms with Crippen molar-refractivity contribution in [2.45, 2.75) is 45.6 Å². The van der Waals surface area contributed by atoms with Crippen molar-refractivity contribution in [3.63, 3.8) is 0 Å². The molecule has 0 aliphatic carbocycles. The molecule has 0 saturated heterocycles. The zero-order chi connectivity index (χ0) is 10.6. The third-order valence-corrected chi connectivity index (χ3v) is 3.20. The molecule has 0 aromatic carbocycles. The number of aliphatic hydroxyl groups excluding tert-OH is 1. The Hall–Kier alpha value is 0.270. The molecule has 0 aromatic heterocycles. The zero-order valence-corrected chi connectivity index (χ0v) is 10.4. The van der Waals surface area contributed by atoms with Crippen LogP contribution in [0.3, 0.4) is 0 Å². The van der Waals surface area contributed by atoms with Gasteiger partial charge in [-0.15, -0.1) is 0 Å². The molecule has 0 rings (SSSR count). The third-order valence-electron chi connectivity index (χ3n) is 2.15. The summed E-state index contributed by atoms with van der Waals surface area (Å²) in [6, 6.07) is 0.665. The van der Waals surface area contributed by atoms with Crippen LogP contribution in [0.1, 0.15) is 39.5 Å². The predicted octanol–water partition coefficient (Wildman–Crippen LogP) is 2.27. The van der Waals surface area contributed by atoms with Gasteiger partial charge >= 0.3 is 0 Å². The molecule has 0 aliphatic heterocycles. The summed E-state index contributed by atoms with van der Waals surface area (Å²) < 4.78 is 0. The van der Waals surface area contributed by atoms with E-state index in [2.05, 4.69) is 19.2 Å². The van der Waals surface area contributed by atoms with Crippen LogP contribution in [0.5, 0.6) is 0 Å². The molecule has 0 spiro atoms. The Kier molecular flexibility index (Phi) is 11.6. The van der Waals surface area contributed by atoms with Gasteiger partial charge in [-0.1, -0.05) is 13.3 Å². The van der Waals surface area contributed by atoms with E-state index in [1.165, 1.54) is 31.4 Å². The van der Waals surface area contributed by atoms with Crippen LogP contribution < -0.4 is 5.32 Å². The van der Waals surface area contributed by atoms with E-state index in [0.717, 1.165) is 12.3 Å². The van der Waals surface area contributed by atoms with E-state index in [-0.39, 0.29) is 0 Å². The van der Waals surface area contributed by atoms with Gasteiger partial charge in [0.15, 0.2) is 0 Å². The monoisotopic (exact) mass is 219 g/mol. The molecule has 0 aromatic rings. The zero-order valence-electron chi connectivity index (χ0n) is 9.59. The molecule has 2 N–H and O–H groups in total. The Morgan fingerprint density at radius 3 is 2.71 bits per heavy atom. The van der Waals surface area contributed by atoms with E-state index in [0.29, 0.717) is 12.6 Å². The van der Waals surface area contributed by atoms with E-state index in [1.54, 1.807) is 0 Å². The summed E-state index contributed by atoms with van der Waals surface area (Å²) in [6.45, 7) is 5.92. The molecule has 0 bridgehead atoms. The molecule has 2 nitrogen and oxygen atoms in total. The van der Waals surface area contributed by atoms with Crippen LogP contribution in [0.15, 0.2) is 0 Å². The van der Waals surface area contributed by atoms with Gasteiger partial charge in [0.1, 0.15) is 0 Å². The van der Waals surface area contributed by atoms with Crippen molar-refractivity contribution in [3.05, 3.63) is 0 Å². The maximum atomic E-state index is 8.58. The Morgan fingerprint density at radius 2 is 2.07 bits per heavy atom. The van der Waals surface area contributed by atoms with Crippen molar-refractivity contribution in [2.24, 2.45) is 0 Å². The normalized spacial score (nSPS) is 13.1. The molecule has 1 unspecified atom stereocenters. The molecule has 0 aliphatic rings. The first-order valence-electron chi connectivity index (χ1n) is 5.73. The number of aliphatic hydroxyl groups is 1. The molecule has 1 atom stereocenters. The smallest absolute Gasteiger partial charge is 0.0521 e. The minimum atomic E-state index is 0.319. The SMILES string of the molecule is CCCNC(C)CCCCSCCO. The number of hydrogen-bond acceptors (Lipinski definition) is 3. The largest absolute Gasteiger partial charge is 0.396 e. The van der Waals surface area contributed by atoms with Crippen molar-refractivity contribution in [2.75, 3.05) is 24.7 Å². The molecule has 0 radical (unpaired) electrons. The Morgan fingerprint density at radius 1 is 1.29 bits per heavy atom. The van der Waals surface area contributed by atoms with Gasteiger partial charge in [0.25, 0.3) is 0 Å². The fraction of sp³-hybridized carbons (Fsp3) is 1.00. The van der Waals surface area contributed by atoms with E-state index in [1.807, 2.05) is 11.8 Å². The summed E-state index contributed by atoms with van der Waals surface area (Å²) in [5.74, 6) is 2.09. The summed E-state index contributed by atoms with van der Waals surface area (Å²) in [5.41, 5.74) is 0. The highest BCUT2D eigenvalue weighted by molar-refractivity contribution is 7.99. The first kappa shape index (κ1) is 14.3. The Labute approximate surface area is 92.9 Å². The lowest BCUT2D eigenvalue weighted by Gasteiger charge is -2.12. The minimum absolute atomic E-state index is 0.319. The van der Waals surface area contributed by atoms with Crippen LogP contribution in [0.25, 0.3) is 0 Å². The van der Waals surface area contributed by atoms with Gasteiger partial charge in [-0.05, 0) is 38.5 Å². The molecule has 86 valence electrons. The molecule has 0 heterocycles. The number of unbranched alkanes of at least 4 members (excludes halogenated alkanes) is 1. The number of rotatable bonds is 10. The maximum absolute atomic E-state index is 8.58. The first-order chi connectivity index (χ1) is 6.81. The lowest BCUT2D eigenvalue weighted by molar-refractivity contribution is 0.322. The highest BCUT2D eigenvalue weighted by atomic mass is 32.2. The number of hydrogen-bond donors (Lipinski definition) is 2. The van der Waals surface area contributed by atoms with Crippen molar-refractivity contribution in [3.8, 4) is 0 Å². The second-order valence-electron chi connectivity index (χ2n) is 3.69. The van der Waals surface area contributed by atoms with Crippen molar-refractivity contribution >= 4 is 11.8 Å². The van der Waals surface area contributed by atoms with Gasteiger partial charge in [0.05, 0.1) is 6.61 Å². The fourth-order valence-electron chi connectivity index (χ4n) is 1.31. The quantitative estimate of drug-likeness (QED) is 0.553.